The largest absolute Gasteiger partial charge is 0.755 e. The summed E-state index contributed by atoms with van der Waals surface area (Å²) in [5, 5.41) is 49.1. The zero-order valence-electron chi connectivity index (χ0n) is 37.9. The third-order valence-electron chi connectivity index (χ3n) is 10.4. The fourth-order valence-electron chi connectivity index (χ4n) is 6.78. The molecule has 23 nitrogen and oxygen atoms in total. The van der Waals surface area contributed by atoms with Crippen molar-refractivity contribution in [3.05, 3.63) is 71.5 Å². The lowest BCUT2D eigenvalue weighted by molar-refractivity contribution is -0.129. The number of hydrogen-bond acceptors (Lipinski definition) is 17. The van der Waals surface area contributed by atoms with E-state index in [1.54, 1.807) is 59.4 Å². The maximum atomic E-state index is 13.2. The third-order valence-corrected chi connectivity index (χ3v) is 11.7. The second-order valence-corrected chi connectivity index (χ2v) is 17.3. The molecule has 10 N–H and O–H groups in total. The fourth-order valence-corrected chi connectivity index (χ4v) is 7.84. The van der Waals surface area contributed by atoms with Crippen molar-refractivity contribution >= 4 is 62.4 Å². The standard InChI is InChI=1S/C43H62N12O11S2/c1-43(30-8-12-33(56)13-9-30,31-10-14-34(57)15-11-31)19-16-36(58)45-21-17-37(59)46-22-18-39(61)48-35(40(62)47-23-26-66-28-27-65-25-20-44)6-2-3-24-55-29-32(50-54-55)5-4-7-38(60)49-41-51-52-42(67-41)53-68(63)64/h8-15,29,35,56-57H,2-7,16-28,44H2,1H3,(H,45,58)(H,46,59)(H,47,62)(H,48,61)(H,52,53)(H,63,64)(H,49,51,60)/p-1/t35-/m0/s1. The first-order chi connectivity index (χ1) is 32.7. The number of nitrogens with one attached hydrogen (secondary N) is 6. The number of carbonyl (C=O) groups excluding carboxylic acids is 5. The van der Waals surface area contributed by atoms with Gasteiger partial charge in [0, 0.05) is 81.3 Å². The van der Waals surface area contributed by atoms with Crippen molar-refractivity contribution in [2.45, 2.75) is 89.1 Å². The molecule has 2 heterocycles. The Morgan fingerprint density at radius 3 is 2.03 bits per heavy atom. The Morgan fingerprint density at radius 1 is 0.765 bits per heavy atom. The minimum atomic E-state index is -2.55. The molecule has 0 saturated heterocycles. The summed E-state index contributed by atoms with van der Waals surface area (Å²) < 4.78 is 36.0. The van der Waals surface area contributed by atoms with E-state index in [2.05, 4.69) is 51.8 Å². The number of phenolic OH excluding ortho intramolecular Hbond substituents is 2. The highest BCUT2D eigenvalue weighted by atomic mass is 32.2. The molecule has 1 unspecified atom stereocenters. The monoisotopic (exact) mass is 985 g/mol. The van der Waals surface area contributed by atoms with Crippen LogP contribution in [-0.2, 0) is 63.1 Å². The van der Waals surface area contributed by atoms with E-state index < -0.39 is 28.6 Å². The van der Waals surface area contributed by atoms with Crippen LogP contribution in [0.4, 0.5) is 10.3 Å². The molecule has 0 aliphatic heterocycles. The number of unbranched alkanes of at least 4 members (excludes halogenated alkanes) is 1. The Kier molecular flexibility index (Phi) is 23.7. The number of nitrogens with zero attached hydrogens (tertiary/aromatic N) is 5. The van der Waals surface area contributed by atoms with Gasteiger partial charge in [-0.2, -0.15) is 0 Å². The molecule has 0 bridgehead atoms. The van der Waals surface area contributed by atoms with E-state index in [1.165, 1.54) is 0 Å². The molecule has 0 spiro atoms. The summed E-state index contributed by atoms with van der Waals surface area (Å²) in [6.45, 7) is 4.53. The number of rotatable bonds is 33. The molecule has 68 heavy (non-hydrogen) atoms. The van der Waals surface area contributed by atoms with Gasteiger partial charge >= 0.3 is 0 Å². The van der Waals surface area contributed by atoms with Gasteiger partial charge in [0.1, 0.15) is 17.5 Å². The highest BCUT2D eigenvalue weighted by Crippen LogP contribution is 2.37. The number of hydrogen-bond donors (Lipinski definition) is 9. The maximum Gasteiger partial charge on any atom is 0.242 e. The Balaban J connectivity index is 1.16. The lowest BCUT2D eigenvalue weighted by Crippen LogP contribution is -2.48. The SMILES string of the molecule is CC(CCC(=O)NCCC(=O)NCCC(=O)N[C@@H](CCCCn1cc(CCCC(=O)Nc2nnc(NS(=O)[O-])s2)nn1)C(=O)NCCOCCOCCN)(c1ccc(O)cc1)c1ccc(O)cc1. The van der Waals surface area contributed by atoms with Crippen LogP contribution >= 0.6 is 11.3 Å². The van der Waals surface area contributed by atoms with Crippen molar-refractivity contribution < 1.29 is 52.4 Å². The topological polar surface area (TPSA) is 339 Å². The van der Waals surface area contributed by atoms with Crippen LogP contribution in [0.3, 0.4) is 0 Å². The van der Waals surface area contributed by atoms with Crippen LogP contribution in [0.1, 0.15) is 81.5 Å². The zero-order chi connectivity index (χ0) is 49.2. The molecule has 0 saturated carbocycles. The van der Waals surface area contributed by atoms with Crippen molar-refractivity contribution in [1.82, 2.24) is 46.5 Å². The highest BCUT2D eigenvalue weighted by Gasteiger charge is 2.30. The van der Waals surface area contributed by atoms with Crippen molar-refractivity contribution in [2.75, 3.05) is 62.6 Å². The smallest absolute Gasteiger partial charge is 0.242 e. The van der Waals surface area contributed by atoms with Crippen LogP contribution in [0.15, 0.2) is 54.7 Å². The lowest BCUT2D eigenvalue weighted by atomic mass is 9.73. The third kappa shape index (κ3) is 20.4. The average molecular weight is 986 g/mol. The normalized spacial score (nSPS) is 12.2. The minimum Gasteiger partial charge on any atom is -0.755 e. The summed E-state index contributed by atoms with van der Waals surface area (Å²) in [6, 6.07) is 12.7. The van der Waals surface area contributed by atoms with Crippen molar-refractivity contribution in [1.29, 1.82) is 0 Å². The molecule has 4 rings (SSSR count). The number of aryl methyl sites for hydroxylation is 2. The van der Waals surface area contributed by atoms with Crippen molar-refractivity contribution in [3.8, 4) is 11.5 Å². The first kappa shape index (κ1) is 54.5. The molecular weight excluding hydrogens is 925 g/mol. The van der Waals surface area contributed by atoms with Gasteiger partial charge in [0.25, 0.3) is 0 Å². The minimum absolute atomic E-state index is 0.0133. The fraction of sp³-hybridized carbons (Fsp3) is 0.512. The molecular formula is C43H61N12O11S2-. The van der Waals surface area contributed by atoms with Crippen LogP contribution in [-0.4, -0.2) is 132 Å². The summed E-state index contributed by atoms with van der Waals surface area (Å²) in [4.78, 5) is 64.0. The predicted molar refractivity (Wildman–Crippen MR) is 251 cm³/mol. The van der Waals surface area contributed by atoms with Crippen LogP contribution in [0.2, 0.25) is 0 Å². The molecule has 2 atom stereocenters. The second kappa shape index (κ2) is 29.6. The van der Waals surface area contributed by atoms with Gasteiger partial charge in [0.2, 0.25) is 39.8 Å². The Morgan fingerprint density at radius 2 is 1.38 bits per heavy atom. The summed E-state index contributed by atoms with van der Waals surface area (Å²) in [5.41, 5.74) is 7.25. The van der Waals surface area contributed by atoms with Gasteiger partial charge in [-0.1, -0.05) is 47.7 Å². The number of phenols is 2. The number of nitrogens with two attached hydrogens (primary N) is 1. The summed E-state index contributed by atoms with van der Waals surface area (Å²) in [5.74, 6) is -1.52. The summed E-state index contributed by atoms with van der Waals surface area (Å²) in [7, 11) is 0. The van der Waals surface area contributed by atoms with Gasteiger partial charge in [0.05, 0.1) is 32.1 Å². The van der Waals surface area contributed by atoms with E-state index in [0.717, 1.165) is 22.5 Å². The summed E-state index contributed by atoms with van der Waals surface area (Å²) >= 11 is -1.67. The molecule has 0 radical (unpaired) electrons. The molecule has 372 valence electrons. The van der Waals surface area contributed by atoms with Gasteiger partial charge in [-0.25, -0.2) is 0 Å². The van der Waals surface area contributed by atoms with Gasteiger partial charge < -0.3 is 56.6 Å². The van der Waals surface area contributed by atoms with Crippen molar-refractivity contribution in [3.63, 3.8) is 0 Å². The number of aromatic hydroxyl groups is 2. The van der Waals surface area contributed by atoms with E-state index in [0.29, 0.717) is 77.1 Å². The number of benzene rings is 2. The van der Waals surface area contributed by atoms with E-state index in [9.17, 15) is 42.9 Å². The van der Waals surface area contributed by atoms with Crippen LogP contribution in [0.5, 0.6) is 11.5 Å². The molecule has 0 aliphatic rings. The Hall–Kier alpha value is -6.12. The number of amides is 5. The quantitative estimate of drug-likeness (QED) is 0.0240. The van der Waals surface area contributed by atoms with Gasteiger partial charge in [-0.05, 0) is 73.9 Å². The first-order valence-electron chi connectivity index (χ1n) is 22.2. The van der Waals surface area contributed by atoms with E-state index in [-0.39, 0.29) is 97.3 Å². The molecule has 5 amide bonds. The molecule has 25 heteroatoms. The van der Waals surface area contributed by atoms with E-state index in [1.807, 2.05) is 6.92 Å². The molecule has 2 aromatic carbocycles. The van der Waals surface area contributed by atoms with Crippen LogP contribution in [0, 0.1) is 0 Å². The molecule has 4 aromatic rings. The average Bonchev–Trinajstić information content (AvgIpc) is 3.96. The van der Waals surface area contributed by atoms with Crippen molar-refractivity contribution in [2.24, 2.45) is 5.73 Å². The van der Waals surface area contributed by atoms with Gasteiger partial charge in [-0.15, -0.1) is 15.3 Å². The number of carbonyl (C=O) groups is 5. The Labute approximate surface area is 400 Å². The first-order valence-corrected chi connectivity index (χ1v) is 24.1. The van der Waals surface area contributed by atoms with E-state index in [4.69, 9.17) is 15.2 Å². The Bertz CT molecular complexity index is 2170. The predicted octanol–water partition coefficient (Wildman–Crippen LogP) is 1.27. The lowest BCUT2D eigenvalue weighted by Gasteiger charge is -2.31. The van der Waals surface area contributed by atoms with Gasteiger partial charge in [-0.3, -0.25) is 37.6 Å². The molecule has 2 aromatic heterocycles. The maximum absolute atomic E-state index is 13.2. The second-order valence-electron chi connectivity index (χ2n) is 15.7. The number of anilines is 2. The zero-order valence-corrected chi connectivity index (χ0v) is 39.5. The van der Waals surface area contributed by atoms with Crippen LogP contribution < -0.4 is 37.0 Å². The van der Waals surface area contributed by atoms with Crippen LogP contribution in [0.25, 0.3) is 0 Å². The van der Waals surface area contributed by atoms with Gasteiger partial charge in [0.15, 0.2) is 0 Å². The summed E-state index contributed by atoms with van der Waals surface area (Å²) in [6.07, 6.45) is 4.82. The highest BCUT2D eigenvalue weighted by molar-refractivity contribution is 7.80. The number of ether oxygens (including phenoxy) is 2. The molecule has 0 aliphatic carbocycles. The number of aromatic nitrogens is 5. The van der Waals surface area contributed by atoms with E-state index >= 15 is 0 Å². The molecule has 0 fully saturated rings.